The summed E-state index contributed by atoms with van der Waals surface area (Å²) in [5.41, 5.74) is 0.787. The molecule has 1 unspecified atom stereocenters. The van der Waals surface area contributed by atoms with Gasteiger partial charge in [-0.1, -0.05) is 17.3 Å². The highest BCUT2D eigenvalue weighted by Gasteiger charge is 2.31. The average Bonchev–Trinajstić information content (AvgIpc) is 3.08. The van der Waals surface area contributed by atoms with Gasteiger partial charge in [-0.05, 0) is 31.9 Å². The highest BCUT2D eigenvalue weighted by atomic mass is 16.5. The number of carbonyl (C=O) groups excluding carboxylic acids is 1. The third kappa shape index (κ3) is 2.31. The molecule has 0 N–H and O–H groups in total. The first kappa shape index (κ1) is 12.8. The lowest BCUT2D eigenvalue weighted by Crippen LogP contribution is -2.04. The quantitative estimate of drug-likeness (QED) is 0.856. The minimum atomic E-state index is -0.226. The molecular formula is C15H16N2O3. The van der Waals surface area contributed by atoms with E-state index in [1.54, 1.807) is 0 Å². The highest BCUT2D eigenvalue weighted by molar-refractivity contribution is 5.86. The number of hydrogen-bond acceptors (Lipinski definition) is 5. The summed E-state index contributed by atoms with van der Waals surface area (Å²) in [5.74, 6) is 1.59. The summed E-state index contributed by atoms with van der Waals surface area (Å²) < 4.78 is 10.8. The van der Waals surface area contributed by atoms with Crippen LogP contribution in [0.1, 0.15) is 38.0 Å². The number of ether oxygens (including phenoxy) is 1. The Balaban J connectivity index is 1.92. The van der Waals surface area contributed by atoms with Crippen molar-refractivity contribution in [2.75, 3.05) is 6.61 Å². The topological polar surface area (TPSA) is 65.2 Å². The molecule has 20 heavy (non-hydrogen) atoms. The van der Waals surface area contributed by atoms with Gasteiger partial charge in [-0.2, -0.15) is 4.98 Å². The maximum absolute atomic E-state index is 11.7. The predicted octanol–water partition coefficient (Wildman–Crippen LogP) is 2.97. The van der Waals surface area contributed by atoms with Crippen molar-refractivity contribution in [3.05, 3.63) is 30.2 Å². The molecule has 0 saturated heterocycles. The summed E-state index contributed by atoms with van der Waals surface area (Å²) in [6.45, 7) is 2.50. The second-order valence-corrected chi connectivity index (χ2v) is 4.80. The van der Waals surface area contributed by atoms with E-state index in [2.05, 4.69) is 10.1 Å². The molecule has 1 aromatic heterocycles. The smallest absolute Gasteiger partial charge is 0.237 e. The molecule has 0 radical (unpaired) electrons. The SMILES string of the molecule is CCOc1ccccc1-c1noc(C2CCCC2=O)n1. The Hall–Kier alpha value is -2.17. The van der Waals surface area contributed by atoms with Crippen LogP contribution in [0.2, 0.25) is 0 Å². The van der Waals surface area contributed by atoms with Crippen LogP contribution in [0.25, 0.3) is 11.4 Å². The van der Waals surface area contributed by atoms with Gasteiger partial charge in [-0.3, -0.25) is 4.79 Å². The Morgan fingerprint density at radius 1 is 1.40 bits per heavy atom. The van der Waals surface area contributed by atoms with Crippen LogP contribution in [0.15, 0.2) is 28.8 Å². The number of benzene rings is 1. The van der Waals surface area contributed by atoms with Crippen molar-refractivity contribution in [2.45, 2.75) is 32.1 Å². The number of para-hydroxylation sites is 1. The summed E-state index contributed by atoms with van der Waals surface area (Å²) in [7, 11) is 0. The normalized spacial score (nSPS) is 18.4. The molecule has 1 atom stereocenters. The van der Waals surface area contributed by atoms with Crippen molar-refractivity contribution in [1.82, 2.24) is 10.1 Å². The van der Waals surface area contributed by atoms with Gasteiger partial charge in [0.1, 0.15) is 11.5 Å². The van der Waals surface area contributed by atoms with E-state index in [9.17, 15) is 4.79 Å². The first-order chi connectivity index (χ1) is 9.79. The lowest BCUT2D eigenvalue weighted by atomic mass is 10.1. The molecule has 3 rings (SSSR count). The van der Waals surface area contributed by atoms with Gasteiger partial charge < -0.3 is 9.26 Å². The van der Waals surface area contributed by atoms with Crippen LogP contribution < -0.4 is 4.74 Å². The van der Waals surface area contributed by atoms with Crippen molar-refractivity contribution >= 4 is 5.78 Å². The van der Waals surface area contributed by atoms with Crippen LogP contribution in [0.4, 0.5) is 0 Å². The van der Waals surface area contributed by atoms with Gasteiger partial charge in [0.25, 0.3) is 0 Å². The van der Waals surface area contributed by atoms with E-state index in [-0.39, 0.29) is 11.7 Å². The molecule has 1 aliphatic carbocycles. The van der Waals surface area contributed by atoms with Gasteiger partial charge >= 0.3 is 0 Å². The predicted molar refractivity (Wildman–Crippen MR) is 72.5 cm³/mol. The molecule has 5 heteroatoms. The van der Waals surface area contributed by atoms with E-state index in [1.807, 2.05) is 31.2 Å². The molecule has 5 nitrogen and oxygen atoms in total. The van der Waals surface area contributed by atoms with Gasteiger partial charge in [0.05, 0.1) is 18.1 Å². The number of Topliss-reactive ketones (excluding diaryl/α,β-unsaturated/α-hetero) is 1. The van der Waals surface area contributed by atoms with Gasteiger partial charge in [-0.25, -0.2) is 0 Å². The molecule has 0 bridgehead atoms. The molecule has 2 aromatic rings. The van der Waals surface area contributed by atoms with E-state index < -0.39 is 0 Å². The Labute approximate surface area is 116 Å². The fourth-order valence-electron chi connectivity index (χ4n) is 2.50. The maximum Gasteiger partial charge on any atom is 0.237 e. The number of ketones is 1. The zero-order valence-electron chi connectivity index (χ0n) is 11.3. The first-order valence-corrected chi connectivity index (χ1v) is 6.88. The monoisotopic (exact) mass is 272 g/mol. The van der Waals surface area contributed by atoms with E-state index in [1.165, 1.54) is 0 Å². The Bertz CT molecular complexity index is 621. The van der Waals surface area contributed by atoms with E-state index >= 15 is 0 Å². The Kier molecular flexibility index (Phi) is 3.50. The lowest BCUT2D eigenvalue weighted by molar-refractivity contribution is -0.119. The molecule has 1 heterocycles. The van der Waals surface area contributed by atoms with Crippen molar-refractivity contribution < 1.29 is 14.1 Å². The standard InChI is InChI=1S/C15H16N2O3/c1-2-19-13-9-4-3-6-11(13)14-16-15(20-17-14)10-7-5-8-12(10)18/h3-4,6,9-10H,2,5,7-8H2,1H3. The zero-order valence-corrected chi connectivity index (χ0v) is 11.3. The van der Waals surface area contributed by atoms with Gasteiger partial charge in [0.15, 0.2) is 0 Å². The van der Waals surface area contributed by atoms with Gasteiger partial charge in [0, 0.05) is 6.42 Å². The summed E-state index contributed by atoms with van der Waals surface area (Å²) in [6.07, 6.45) is 2.31. The average molecular weight is 272 g/mol. The fourth-order valence-corrected chi connectivity index (χ4v) is 2.50. The molecule has 1 saturated carbocycles. The van der Waals surface area contributed by atoms with Crippen molar-refractivity contribution in [3.63, 3.8) is 0 Å². The first-order valence-electron chi connectivity index (χ1n) is 6.88. The summed E-state index contributed by atoms with van der Waals surface area (Å²) in [4.78, 5) is 16.1. The number of carbonyl (C=O) groups is 1. The Morgan fingerprint density at radius 3 is 3.00 bits per heavy atom. The molecule has 0 aliphatic heterocycles. The summed E-state index contributed by atoms with van der Waals surface area (Å²) in [6, 6.07) is 7.55. The minimum absolute atomic E-state index is 0.193. The number of rotatable bonds is 4. The number of aromatic nitrogens is 2. The highest BCUT2D eigenvalue weighted by Crippen LogP contribution is 2.33. The third-order valence-corrected chi connectivity index (χ3v) is 3.47. The molecule has 0 amide bonds. The van der Waals surface area contributed by atoms with Crippen molar-refractivity contribution in [1.29, 1.82) is 0 Å². The zero-order chi connectivity index (χ0) is 13.9. The van der Waals surface area contributed by atoms with Crippen LogP contribution in [-0.2, 0) is 4.79 Å². The van der Waals surface area contributed by atoms with Gasteiger partial charge in [-0.15, -0.1) is 0 Å². The van der Waals surface area contributed by atoms with E-state index in [4.69, 9.17) is 9.26 Å². The molecule has 1 aromatic carbocycles. The largest absolute Gasteiger partial charge is 0.493 e. The van der Waals surface area contributed by atoms with Crippen LogP contribution in [0.5, 0.6) is 5.75 Å². The Morgan fingerprint density at radius 2 is 2.25 bits per heavy atom. The van der Waals surface area contributed by atoms with Crippen molar-refractivity contribution in [3.8, 4) is 17.1 Å². The maximum atomic E-state index is 11.7. The lowest BCUT2D eigenvalue weighted by Gasteiger charge is -2.06. The van der Waals surface area contributed by atoms with E-state index in [0.29, 0.717) is 24.7 Å². The van der Waals surface area contributed by atoms with Crippen LogP contribution in [-0.4, -0.2) is 22.5 Å². The van der Waals surface area contributed by atoms with E-state index in [0.717, 1.165) is 24.2 Å². The molecule has 0 spiro atoms. The molecule has 1 aliphatic rings. The number of nitrogens with zero attached hydrogens (tertiary/aromatic N) is 2. The number of hydrogen-bond donors (Lipinski definition) is 0. The van der Waals surface area contributed by atoms with Gasteiger partial charge in [0.2, 0.25) is 11.7 Å². The fraction of sp³-hybridized carbons (Fsp3) is 0.400. The second-order valence-electron chi connectivity index (χ2n) is 4.80. The third-order valence-electron chi connectivity index (χ3n) is 3.47. The minimum Gasteiger partial charge on any atom is -0.493 e. The van der Waals surface area contributed by atoms with Crippen molar-refractivity contribution in [2.24, 2.45) is 0 Å². The molecule has 1 fully saturated rings. The second kappa shape index (κ2) is 5.45. The summed E-state index contributed by atoms with van der Waals surface area (Å²) >= 11 is 0. The van der Waals surface area contributed by atoms with Crippen LogP contribution in [0, 0.1) is 0 Å². The molecular weight excluding hydrogens is 256 g/mol. The summed E-state index contributed by atoms with van der Waals surface area (Å²) in [5, 5.41) is 3.99. The van der Waals surface area contributed by atoms with Crippen LogP contribution in [0.3, 0.4) is 0 Å². The van der Waals surface area contributed by atoms with Crippen LogP contribution >= 0.6 is 0 Å². The molecule has 104 valence electrons.